The second-order valence-corrected chi connectivity index (χ2v) is 8.17. The van der Waals surface area contributed by atoms with Crippen LogP contribution in [0.1, 0.15) is 37.6 Å². The number of benzene rings is 1. The van der Waals surface area contributed by atoms with Crippen LogP contribution in [0.2, 0.25) is 0 Å². The van der Waals surface area contributed by atoms with Crippen LogP contribution in [0.25, 0.3) is 11.0 Å². The molecule has 2 N–H and O–H groups in total. The van der Waals surface area contributed by atoms with Gasteiger partial charge in [-0.1, -0.05) is 5.16 Å². The summed E-state index contributed by atoms with van der Waals surface area (Å²) in [4.78, 5) is 14.1. The summed E-state index contributed by atoms with van der Waals surface area (Å²) in [5.74, 6) is 0.926. The summed E-state index contributed by atoms with van der Waals surface area (Å²) in [6, 6.07) is 3.81. The zero-order chi connectivity index (χ0) is 20.8. The second kappa shape index (κ2) is 6.98. The number of nitrogens with zero attached hydrogens (tertiary/aromatic N) is 4. The molecule has 29 heavy (non-hydrogen) atoms. The van der Waals surface area contributed by atoms with E-state index in [9.17, 15) is 4.79 Å². The van der Waals surface area contributed by atoms with Crippen LogP contribution >= 0.6 is 0 Å². The molecule has 0 fully saturated rings. The van der Waals surface area contributed by atoms with Gasteiger partial charge >= 0.3 is 6.09 Å². The van der Waals surface area contributed by atoms with Gasteiger partial charge < -0.3 is 24.6 Å². The highest BCUT2D eigenvalue weighted by Crippen LogP contribution is 2.32. The van der Waals surface area contributed by atoms with Crippen molar-refractivity contribution in [1.29, 1.82) is 0 Å². The number of carbonyl (C=O) groups excluding carboxylic acids is 1. The average Bonchev–Trinajstić information content (AvgIpc) is 3.23. The maximum atomic E-state index is 12.4. The van der Waals surface area contributed by atoms with Crippen LogP contribution in [0, 0.1) is 0 Å². The number of nitrogen functional groups attached to an aromatic ring is 1. The minimum atomic E-state index is -0.511. The van der Waals surface area contributed by atoms with Crippen molar-refractivity contribution in [3.05, 3.63) is 35.2 Å². The van der Waals surface area contributed by atoms with E-state index >= 15 is 0 Å². The van der Waals surface area contributed by atoms with E-state index < -0.39 is 5.60 Å². The minimum Gasteiger partial charge on any atom is -0.496 e. The molecule has 0 atom stereocenters. The van der Waals surface area contributed by atoms with Crippen LogP contribution in [0.3, 0.4) is 0 Å². The quantitative estimate of drug-likeness (QED) is 0.721. The summed E-state index contributed by atoms with van der Waals surface area (Å²) >= 11 is 0. The number of carbonyl (C=O) groups is 1. The van der Waals surface area contributed by atoms with Gasteiger partial charge in [0.05, 0.1) is 26.4 Å². The lowest BCUT2D eigenvalue weighted by atomic mass is 10.1. The van der Waals surface area contributed by atoms with Crippen molar-refractivity contribution in [3.63, 3.8) is 0 Å². The SMILES string of the molecule is COc1cc(Cn2ncc3c2CCN(C(=O)OC(C)(C)C)C3)cc2onc(N)c12. The van der Waals surface area contributed by atoms with Gasteiger partial charge in [0.15, 0.2) is 11.4 Å². The van der Waals surface area contributed by atoms with Crippen molar-refractivity contribution < 1.29 is 18.8 Å². The van der Waals surface area contributed by atoms with Gasteiger partial charge in [-0.3, -0.25) is 4.68 Å². The maximum Gasteiger partial charge on any atom is 0.410 e. The first kappa shape index (κ1) is 19.1. The standard InChI is InChI=1S/C20H25N5O4/c1-20(2,3)28-19(26)24-6-5-14-13(11-24)9-22-25(14)10-12-7-15(27-4)17-16(8-12)29-23-18(17)21/h7-9H,5-6,10-11H2,1-4H3,(H2,21,23). The number of hydrogen-bond acceptors (Lipinski definition) is 7. The Labute approximate surface area is 168 Å². The Morgan fingerprint density at radius 1 is 1.34 bits per heavy atom. The predicted molar refractivity (Wildman–Crippen MR) is 107 cm³/mol. The lowest BCUT2D eigenvalue weighted by Crippen LogP contribution is -2.40. The van der Waals surface area contributed by atoms with E-state index in [0.29, 0.717) is 48.6 Å². The molecule has 9 heteroatoms. The first-order valence-electron chi connectivity index (χ1n) is 9.48. The van der Waals surface area contributed by atoms with E-state index in [2.05, 4.69) is 10.3 Å². The normalized spacial score (nSPS) is 14.1. The highest BCUT2D eigenvalue weighted by molar-refractivity contribution is 5.93. The summed E-state index contributed by atoms with van der Waals surface area (Å²) in [7, 11) is 1.59. The third kappa shape index (κ3) is 3.72. The van der Waals surface area contributed by atoms with E-state index in [-0.39, 0.29) is 6.09 Å². The molecular weight excluding hydrogens is 374 g/mol. The molecule has 0 unspecified atom stereocenters. The molecule has 3 aromatic rings. The lowest BCUT2D eigenvalue weighted by molar-refractivity contribution is 0.0222. The van der Waals surface area contributed by atoms with Crippen molar-refractivity contribution >= 4 is 22.9 Å². The van der Waals surface area contributed by atoms with E-state index in [4.69, 9.17) is 19.7 Å². The molecule has 0 saturated heterocycles. The first-order valence-corrected chi connectivity index (χ1v) is 9.48. The number of hydrogen-bond donors (Lipinski definition) is 1. The number of ether oxygens (including phenoxy) is 2. The van der Waals surface area contributed by atoms with Crippen LogP contribution < -0.4 is 10.5 Å². The Morgan fingerprint density at radius 3 is 2.86 bits per heavy atom. The molecule has 0 saturated carbocycles. The predicted octanol–water partition coefficient (Wildman–Crippen LogP) is 2.96. The Morgan fingerprint density at radius 2 is 2.14 bits per heavy atom. The Hall–Kier alpha value is -3.23. The number of nitrogens with two attached hydrogens (primary N) is 1. The van der Waals surface area contributed by atoms with E-state index in [0.717, 1.165) is 16.8 Å². The average molecular weight is 399 g/mol. The summed E-state index contributed by atoms with van der Waals surface area (Å²) in [5.41, 5.74) is 9.03. The van der Waals surface area contributed by atoms with Crippen molar-refractivity contribution in [2.75, 3.05) is 19.4 Å². The molecule has 154 valence electrons. The Kier molecular flexibility index (Phi) is 4.60. The van der Waals surface area contributed by atoms with Gasteiger partial charge in [-0.25, -0.2) is 4.79 Å². The van der Waals surface area contributed by atoms with Crippen molar-refractivity contribution in [2.24, 2.45) is 0 Å². The zero-order valence-corrected chi connectivity index (χ0v) is 17.1. The van der Waals surface area contributed by atoms with Crippen molar-refractivity contribution in [1.82, 2.24) is 19.8 Å². The monoisotopic (exact) mass is 399 g/mol. The fraction of sp³-hybridized carbons (Fsp3) is 0.450. The largest absolute Gasteiger partial charge is 0.496 e. The number of aromatic nitrogens is 3. The molecule has 0 aliphatic carbocycles. The number of fused-ring (bicyclic) bond motifs is 2. The van der Waals surface area contributed by atoms with Crippen LogP contribution in [-0.2, 0) is 24.2 Å². The van der Waals surface area contributed by atoms with Gasteiger partial charge in [-0.2, -0.15) is 5.10 Å². The second-order valence-electron chi connectivity index (χ2n) is 8.17. The van der Waals surface area contributed by atoms with E-state index in [1.165, 1.54) is 0 Å². The van der Waals surface area contributed by atoms with Gasteiger partial charge in [-0.15, -0.1) is 0 Å². The van der Waals surface area contributed by atoms with Crippen molar-refractivity contribution in [2.45, 2.75) is 45.9 Å². The number of methoxy groups -OCH3 is 1. The molecule has 2 aromatic heterocycles. The smallest absolute Gasteiger partial charge is 0.410 e. The molecule has 9 nitrogen and oxygen atoms in total. The van der Waals surface area contributed by atoms with Gasteiger partial charge in [-0.05, 0) is 38.5 Å². The minimum absolute atomic E-state index is 0.297. The molecule has 3 heterocycles. The molecule has 1 aromatic carbocycles. The topological polar surface area (TPSA) is 109 Å². The van der Waals surface area contributed by atoms with Crippen LogP contribution in [-0.4, -0.2) is 45.2 Å². The fourth-order valence-corrected chi connectivity index (χ4v) is 3.55. The van der Waals surface area contributed by atoms with E-state index in [1.54, 1.807) is 12.0 Å². The summed E-state index contributed by atoms with van der Waals surface area (Å²) in [6.45, 7) is 7.23. The molecule has 0 radical (unpaired) electrons. The third-order valence-electron chi connectivity index (χ3n) is 4.84. The molecule has 1 aliphatic rings. The molecule has 1 amide bonds. The summed E-state index contributed by atoms with van der Waals surface area (Å²) in [6.07, 6.45) is 2.23. The van der Waals surface area contributed by atoms with Gasteiger partial charge in [0, 0.05) is 24.2 Å². The third-order valence-corrected chi connectivity index (χ3v) is 4.84. The first-order chi connectivity index (χ1) is 13.7. The number of amides is 1. The number of anilines is 1. The Balaban J connectivity index is 1.55. The highest BCUT2D eigenvalue weighted by Gasteiger charge is 2.28. The van der Waals surface area contributed by atoms with Gasteiger partial charge in [0.1, 0.15) is 16.7 Å². The zero-order valence-electron chi connectivity index (χ0n) is 17.1. The molecule has 1 aliphatic heterocycles. The van der Waals surface area contributed by atoms with Gasteiger partial charge in [0.25, 0.3) is 0 Å². The number of rotatable bonds is 3. The van der Waals surface area contributed by atoms with Crippen LogP contribution in [0.5, 0.6) is 5.75 Å². The van der Waals surface area contributed by atoms with E-state index in [1.807, 2.05) is 43.8 Å². The fourth-order valence-electron chi connectivity index (χ4n) is 3.55. The lowest BCUT2D eigenvalue weighted by Gasteiger charge is -2.30. The Bertz CT molecular complexity index is 1060. The summed E-state index contributed by atoms with van der Waals surface area (Å²) < 4.78 is 18.2. The van der Waals surface area contributed by atoms with Crippen LogP contribution in [0.4, 0.5) is 10.6 Å². The maximum absolute atomic E-state index is 12.4. The molecule has 0 bridgehead atoms. The van der Waals surface area contributed by atoms with Crippen molar-refractivity contribution in [3.8, 4) is 5.75 Å². The van der Waals surface area contributed by atoms with Crippen LogP contribution in [0.15, 0.2) is 22.9 Å². The highest BCUT2D eigenvalue weighted by atomic mass is 16.6. The molecular formula is C20H25N5O4. The van der Waals surface area contributed by atoms with Gasteiger partial charge in [0.2, 0.25) is 0 Å². The molecule has 0 spiro atoms. The molecule has 4 rings (SSSR count). The summed E-state index contributed by atoms with van der Waals surface area (Å²) in [5, 5.41) is 9.02.